The molecule has 13 nitrogen and oxygen atoms in total. The summed E-state index contributed by atoms with van der Waals surface area (Å²) in [5.41, 5.74) is 6.81. The average molecular weight is 1020 g/mol. The first-order chi connectivity index (χ1) is 34.3. The van der Waals surface area contributed by atoms with Crippen LogP contribution in [0.25, 0.3) is 32.1 Å². The molecule has 0 bridgehead atoms. The molecule has 2 saturated heterocycles. The third kappa shape index (κ3) is 11.9. The van der Waals surface area contributed by atoms with Gasteiger partial charge in [0.25, 0.3) is 0 Å². The molecule has 2 unspecified atom stereocenters. The Morgan fingerprint density at radius 2 is 1.80 bits per heavy atom. The summed E-state index contributed by atoms with van der Waals surface area (Å²) in [6.07, 6.45) is 10.9. The van der Waals surface area contributed by atoms with Gasteiger partial charge in [-0.25, -0.2) is 9.10 Å². The van der Waals surface area contributed by atoms with Crippen LogP contribution in [0.5, 0.6) is 5.75 Å². The first-order valence-corrected chi connectivity index (χ1v) is 26.2. The first-order valence-electron chi connectivity index (χ1n) is 24.1. The van der Waals surface area contributed by atoms with Crippen LogP contribution in [-0.2, 0) is 15.3 Å². The van der Waals surface area contributed by atoms with E-state index in [9.17, 15) is 24.3 Å². The second kappa shape index (κ2) is 24.1. The Labute approximate surface area is 429 Å². The highest BCUT2D eigenvalue weighted by Gasteiger charge is 2.36. The zero-order valence-electron chi connectivity index (χ0n) is 41.3. The number of carbonyl (C=O) groups excluding carboxylic acids is 3. The number of fused-ring (bicyclic) bond motifs is 2. The van der Waals surface area contributed by atoms with Crippen molar-refractivity contribution >= 4 is 98.2 Å². The van der Waals surface area contributed by atoms with Crippen LogP contribution in [0.3, 0.4) is 0 Å². The summed E-state index contributed by atoms with van der Waals surface area (Å²) in [5.74, 6) is 1.14. The predicted octanol–water partition coefficient (Wildman–Crippen LogP) is 11.2. The number of aldehydes is 2. The molecule has 0 saturated carbocycles. The summed E-state index contributed by atoms with van der Waals surface area (Å²) in [6.45, 7) is 9.03. The Kier molecular flexibility index (Phi) is 17.9. The van der Waals surface area contributed by atoms with E-state index in [0.29, 0.717) is 29.1 Å². The van der Waals surface area contributed by atoms with Crippen molar-refractivity contribution < 1.29 is 34.1 Å². The van der Waals surface area contributed by atoms with Crippen molar-refractivity contribution in [3.8, 4) is 16.2 Å². The molecule has 16 heteroatoms. The molecule has 6 aromatic rings. The molecule has 0 radical (unpaired) electrons. The second-order valence-electron chi connectivity index (χ2n) is 18.6. The predicted molar refractivity (Wildman–Crippen MR) is 292 cm³/mol. The normalized spacial score (nSPS) is 16.6. The number of aromatic amines is 1. The number of thiophene rings is 1. The van der Waals surface area contributed by atoms with Crippen molar-refractivity contribution in [2.75, 3.05) is 62.6 Å². The number of rotatable bonds is 19. The van der Waals surface area contributed by atoms with Gasteiger partial charge >= 0.3 is 5.97 Å². The minimum atomic E-state index is -1.15. The van der Waals surface area contributed by atoms with Gasteiger partial charge in [0.1, 0.15) is 23.5 Å². The maximum Gasteiger partial charge on any atom is 0.349 e. The van der Waals surface area contributed by atoms with E-state index in [-0.39, 0.29) is 45.8 Å². The summed E-state index contributed by atoms with van der Waals surface area (Å²) in [5, 5.41) is 26.7. The molecule has 4 heterocycles. The topological polar surface area (TPSA) is 168 Å². The fourth-order valence-electron chi connectivity index (χ4n) is 10.1. The molecule has 2 aliphatic rings. The Hall–Kier alpha value is -5.84. The number of allylic oxidation sites excluding steroid dienone is 2. The number of hydrogen-bond acceptors (Lipinski definition) is 12. The number of aromatic carboxylic acids is 1. The van der Waals surface area contributed by atoms with Crippen LogP contribution in [0, 0.1) is 0 Å². The number of piperidine rings is 2. The molecule has 0 spiro atoms. The van der Waals surface area contributed by atoms with Crippen LogP contribution in [-0.4, -0.2) is 109 Å². The van der Waals surface area contributed by atoms with E-state index in [2.05, 4.69) is 87.2 Å². The van der Waals surface area contributed by atoms with E-state index in [1.165, 1.54) is 16.5 Å². The first kappa shape index (κ1) is 53.0. The molecule has 0 aliphatic carbocycles. The second-order valence-corrected chi connectivity index (χ2v) is 21.0. The molecule has 71 heavy (non-hydrogen) atoms. The summed E-state index contributed by atoms with van der Waals surface area (Å²) >= 11 is 9.53. The lowest BCUT2D eigenvalue weighted by atomic mass is 9.85. The monoisotopic (exact) mass is 1020 g/mol. The molecule has 2 atom stereocenters. The largest absolute Gasteiger partial charge is 0.483 e. The number of ether oxygens (including phenoxy) is 1. The van der Waals surface area contributed by atoms with Crippen molar-refractivity contribution in [3.63, 3.8) is 0 Å². The maximum absolute atomic E-state index is 13.1. The quantitative estimate of drug-likeness (QED) is 0.0296. The van der Waals surface area contributed by atoms with Crippen molar-refractivity contribution in [2.24, 2.45) is 0 Å². The SMILES string of the molecule is C/C=C\CCC(C(=O)NC)N(C)c1ccc(C2CCN(c3cc4ccc(CSN5CCC(Nc6cccc(-c7sc(C(=O)O)c(OCC=O)c7Cl)c6)CC5(C)C)cc4[nH]3)CC2)c2cccc(C=O)c12.CO. The number of aliphatic hydroxyl groups is 1. The maximum atomic E-state index is 13.1. The number of likely N-dealkylation sites (N-methyl/N-ethyl adjacent to an activating group) is 2. The van der Waals surface area contributed by atoms with Gasteiger partial charge in [-0.3, -0.25) is 14.4 Å². The number of anilines is 3. The van der Waals surface area contributed by atoms with Crippen molar-refractivity contribution in [2.45, 2.75) is 88.6 Å². The van der Waals surface area contributed by atoms with Crippen LogP contribution < -0.4 is 25.2 Å². The third-order valence-electron chi connectivity index (χ3n) is 13.7. The van der Waals surface area contributed by atoms with Crippen LogP contribution in [0.1, 0.15) is 96.4 Å². The fourth-order valence-corrected chi connectivity index (χ4v) is 12.7. The molecule has 2 aromatic heterocycles. The summed E-state index contributed by atoms with van der Waals surface area (Å²) in [4.78, 5) is 57.2. The van der Waals surface area contributed by atoms with Gasteiger partial charge in [-0.2, -0.15) is 0 Å². The lowest BCUT2D eigenvalue weighted by molar-refractivity contribution is -0.122. The summed E-state index contributed by atoms with van der Waals surface area (Å²) in [7, 11) is 4.63. The molecule has 2 aliphatic heterocycles. The lowest BCUT2D eigenvalue weighted by Gasteiger charge is -2.45. The number of hydrogen-bond donors (Lipinski definition) is 5. The van der Waals surface area contributed by atoms with Gasteiger partial charge in [0.2, 0.25) is 5.91 Å². The highest BCUT2D eigenvalue weighted by atomic mass is 35.5. The number of carboxylic acids is 1. The highest BCUT2D eigenvalue weighted by molar-refractivity contribution is 7.96. The molecule has 376 valence electrons. The van der Waals surface area contributed by atoms with Gasteiger partial charge in [0.15, 0.2) is 23.2 Å². The minimum absolute atomic E-state index is 0.0205. The van der Waals surface area contributed by atoms with Crippen LogP contribution in [0.2, 0.25) is 5.02 Å². The number of nitrogens with one attached hydrogen (secondary N) is 3. The molecule has 4 aromatic carbocycles. The van der Waals surface area contributed by atoms with E-state index in [1.54, 1.807) is 7.05 Å². The fraction of sp³-hybridized carbons (Fsp3) is 0.382. The molecule has 8 rings (SSSR count). The number of amides is 1. The minimum Gasteiger partial charge on any atom is -0.483 e. The number of nitrogens with zero attached hydrogens (tertiary/aromatic N) is 3. The Morgan fingerprint density at radius 1 is 1.03 bits per heavy atom. The third-order valence-corrected chi connectivity index (χ3v) is 16.8. The highest BCUT2D eigenvalue weighted by Crippen LogP contribution is 2.46. The number of halogens is 1. The van der Waals surface area contributed by atoms with E-state index >= 15 is 0 Å². The van der Waals surface area contributed by atoms with E-state index < -0.39 is 5.97 Å². The van der Waals surface area contributed by atoms with Crippen molar-refractivity contribution in [1.82, 2.24) is 14.6 Å². The zero-order valence-corrected chi connectivity index (χ0v) is 43.7. The number of carboxylic acid groups (broad SMARTS) is 1. The van der Waals surface area contributed by atoms with E-state index in [4.69, 9.17) is 21.4 Å². The zero-order chi connectivity index (χ0) is 50.8. The summed E-state index contributed by atoms with van der Waals surface area (Å²) < 4.78 is 7.91. The number of benzene rings is 4. The van der Waals surface area contributed by atoms with Crippen molar-refractivity contribution in [1.29, 1.82) is 0 Å². The molecular weight excluding hydrogens is 956 g/mol. The van der Waals surface area contributed by atoms with Gasteiger partial charge < -0.3 is 40.4 Å². The molecule has 2 fully saturated rings. The van der Waals surface area contributed by atoms with Crippen molar-refractivity contribution in [3.05, 3.63) is 118 Å². The summed E-state index contributed by atoms with van der Waals surface area (Å²) in [6, 6.07) is 27.0. The lowest BCUT2D eigenvalue weighted by Crippen LogP contribution is -2.49. The van der Waals surface area contributed by atoms with Gasteiger partial charge in [-0.1, -0.05) is 84.2 Å². The number of aliphatic hydroxyl groups excluding tert-OH is 1. The van der Waals surface area contributed by atoms with E-state index in [1.807, 2.05) is 73.3 Å². The van der Waals surface area contributed by atoms with Crippen LogP contribution >= 0.6 is 34.9 Å². The number of aromatic nitrogens is 1. The Bertz CT molecular complexity index is 2870. The van der Waals surface area contributed by atoms with Crippen LogP contribution in [0.15, 0.2) is 91.0 Å². The molecule has 1 amide bonds. The standard InChI is InChI=1S/C54H61ClN6O6S2.CH4O/c1-6-7-8-15-45(52(64)56-4)59(5)44-19-18-41(42-14-10-12-38(32-63)47(42)44)35-20-23-60(24-21-35)46-30-36-17-16-34(28-43(36)58-46)33-68-61-25-22-40(31-54(61,2)3)57-39-13-9-11-37(29-39)50-48(55)49(67-27-26-62)51(69-50)53(65)66;1-2/h6-7,9-14,16-19,26,28-30,32,35,40,45,57-58H,8,15,20-25,27,31,33H2,1-5H3,(H,56,64)(H,65,66);2H,1H3/b7-6-;. The van der Waals surface area contributed by atoms with Gasteiger partial charge in [-0.15, -0.1) is 11.3 Å². The Balaban J connectivity index is 0.00000366. The molecular formula is C55H65ClN6O7S2. The van der Waals surface area contributed by atoms with Gasteiger partial charge in [0.05, 0.1) is 4.88 Å². The smallest absolute Gasteiger partial charge is 0.349 e. The molecule has 5 N–H and O–H groups in total. The van der Waals surface area contributed by atoms with Gasteiger partial charge in [-0.05, 0) is 118 Å². The average Bonchev–Trinajstić information content (AvgIpc) is 3.96. The number of carbonyl (C=O) groups is 4. The van der Waals surface area contributed by atoms with E-state index in [0.717, 1.165) is 121 Å². The Morgan fingerprint density at radius 3 is 2.51 bits per heavy atom. The van der Waals surface area contributed by atoms with Gasteiger partial charge in [0, 0.05) is 91.4 Å². The van der Waals surface area contributed by atoms with Crippen LogP contribution in [0.4, 0.5) is 17.2 Å². The number of H-pyrrole nitrogens is 1.